The first-order valence-corrected chi connectivity index (χ1v) is 4.62. The second-order valence-electron chi connectivity index (χ2n) is 3.15. The zero-order chi connectivity index (χ0) is 11.4. The summed E-state index contributed by atoms with van der Waals surface area (Å²) in [5.74, 6) is 0.997. The fraction of sp³-hybridized carbons (Fsp3) is 0. The molecule has 0 amide bonds. The van der Waals surface area contributed by atoms with Crippen LogP contribution in [0.5, 0.6) is 0 Å². The summed E-state index contributed by atoms with van der Waals surface area (Å²) in [4.78, 5) is 7.79. The normalized spacial score (nSPS) is 9.44. The second kappa shape index (κ2) is 4.28. The van der Waals surface area contributed by atoms with Gasteiger partial charge in [-0.15, -0.1) is 0 Å². The molecule has 0 fully saturated rings. The van der Waals surface area contributed by atoms with Gasteiger partial charge in [-0.05, 0) is 18.2 Å². The van der Waals surface area contributed by atoms with E-state index in [1.54, 1.807) is 24.3 Å². The van der Waals surface area contributed by atoms with E-state index in [1.165, 1.54) is 6.33 Å². The Kier molecular flexibility index (Phi) is 2.65. The van der Waals surface area contributed by atoms with Gasteiger partial charge in [-0.3, -0.25) is 0 Å². The molecule has 5 nitrogen and oxygen atoms in total. The lowest BCUT2D eigenvalue weighted by Gasteiger charge is -2.05. The van der Waals surface area contributed by atoms with Crippen LogP contribution in [-0.4, -0.2) is 9.97 Å². The van der Waals surface area contributed by atoms with Crippen molar-refractivity contribution in [3.8, 4) is 6.07 Å². The number of rotatable bonds is 2. The summed E-state index contributed by atoms with van der Waals surface area (Å²) in [5, 5.41) is 11.8. The topological polar surface area (TPSA) is 87.6 Å². The van der Waals surface area contributed by atoms with Crippen molar-refractivity contribution < 1.29 is 0 Å². The molecule has 78 valence electrons. The summed E-state index contributed by atoms with van der Waals surface area (Å²) in [6, 6.07) is 10.8. The van der Waals surface area contributed by atoms with E-state index in [0.29, 0.717) is 17.2 Å². The third-order valence-electron chi connectivity index (χ3n) is 1.95. The average Bonchev–Trinajstić information content (AvgIpc) is 2.29. The highest BCUT2D eigenvalue weighted by Gasteiger charge is 1.98. The van der Waals surface area contributed by atoms with Gasteiger partial charge in [0, 0.05) is 11.8 Å². The van der Waals surface area contributed by atoms with Gasteiger partial charge >= 0.3 is 0 Å². The first kappa shape index (κ1) is 9.93. The minimum absolute atomic E-state index is 0.397. The summed E-state index contributed by atoms with van der Waals surface area (Å²) in [7, 11) is 0. The fourth-order valence-electron chi connectivity index (χ4n) is 1.26. The first-order valence-electron chi connectivity index (χ1n) is 4.62. The molecule has 0 unspecified atom stereocenters. The van der Waals surface area contributed by atoms with E-state index >= 15 is 0 Å². The molecule has 0 aliphatic rings. The molecule has 0 saturated heterocycles. The van der Waals surface area contributed by atoms with E-state index in [2.05, 4.69) is 21.4 Å². The van der Waals surface area contributed by atoms with E-state index in [9.17, 15) is 0 Å². The summed E-state index contributed by atoms with van der Waals surface area (Å²) in [5.41, 5.74) is 6.90. The standard InChI is InChI=1S/C11H9N5/c12-6-8-2-1-3-9(4-8)16-11-5-10(13)14-7-15-11/h1-5,7H,(H3,13,14,15,16). The predicted molar refractivity (Wildman–Crippen MR) is 60.9 cm³/mol. The molecule has 0 bridgehead atoms. The Labute approximate surface area is 92.6 Å². The lowest BCUT2D eigenvalue weighted by Crippen LogP contribution is -1.97. The second-order valence-corrected chi connectivity index (χ2v) is 3.15. The van der Waals surface area contributed by atoms with Gasteiger partial charge < -0.3 is 11.1 Å². The van der Waals surface area contributed by atoms with E-state index in [-0.39, 0.29) is 0 Å². The molecule has 0 aliphatic heterocycles. The van der Waals surface area contributed by atoms with E-state index in [1.807, 2.05) is 6.07 Å². The monoisotopic (exact) mass is 211 g/mol. The Bertz CT molecular complexity index is 544. The highest BCUT2D eigenvalue weighted by molar-refractivity contribution is 5.59. The zero-order valence-electron chi connectivity index (χ0n) is 8.38. The largest absolute Gasteiger partial charge is 0.384 e. The number of nitrogens with one attached hydrogen (secondary N) is 1. The van der Waals surface area contributed by atoms with Crippen LogP contribution in [-0.2, 0) is 0 Å². The van der Waals surface area contributed by atoms with Crippen LogP contribution in [0.2, 0.25) is 0 Å². The Morgan fingerprint density at radius 1 is 1.25 bits per heavy atom. The molecule has 0 radical (unpaired) electrons. The number of nitriles is 1. The number of nitrogen functional groups attached to an aromatic ring is 1. The highest BCUT2D eigenvalue weighted by Crippen LogP contribution is 2.16. The lowest BCUT2D eigenvalue weighted by atomic mass is 10.2. The van der Waals surface area contributed by atoms with E-state index in [0.717, 1.165) is 5.69 Å². The Balaban J connectivity index is 2.24. The third-order valence-corrected chi connectivity index (χ3v) is 1.95. The minimum atomic E-state index is 0.397. The maximum absolute atomic E-state index is 8.75. The number of aromatic nitrogens is 2. The molecule has 1 heterocycles. The van der Waals surface area contributed by atoms with E-state index in [4.69, 9.17) is 11.0 Å². The van der Waals surface area contributed by atoms with Crippen LogP contribution < -0.4 is 11.1 Å². The van der Waals surface area contributed by atoms with Crippen LogP contribution in [0.1, 0.15) is 5.56 Å². The van der Waals surface area contributed by atoms with Crippen molar-refractivity contribution in [1.29, 1.82) is 5.26 Å². The number of benzene rings is 1. The van der Waals surface area contributed by atoms with Gasteiger partial charge in [0.25, 0.3) is 0 Å². The van der Waals surface area contributed by atoms with Gasteiger partial charge in [0.05, 0.1) is 11.6 Å². The summed E-state index contributed by atoms with van der Waals surface area (Å²) >= 11 is 0. The molecule has 2 aromatic rings. The molecule has 1 aromatic heterocycles. The SMILES string of the molecule is N#Cc1cccc(Nc2cc(N)ncn2)c1. The van der Waals surface area contributed by atoms with Crippen LogP contribution in [0, 0.1) is 11.3 Å². The Morgan fingerprint density at radius 3 is 2.88 bits per heavy atom. The Hall–Kier alpha value is -2.61. The molecule has 5 heteroatoms. The number of hydrogen-bond acceptors (Lipinski definition) is 5. The van der Waals surface area contributed by atoms with Crippen LogP contribution in [0.15, 0.2) is 36.7 Å². The molecule has 2 rings (SSSR count). The van der Waals surface area contributed by atoms with Crippen molar-refractivity contribution in [3.63, 3.8) is 0 Å². The van der Waals surface area contributed by atoms with Crippen molar-refractivity contribution in [2.24, 2.45) is 0 Å². The van der Waals surface area contributed by atoms with Crippen molar-refractivity contribution in [2.45, 2.75) is 0 Å². The first-order chi connectivity index (χ1) is 7.78. The lowest BCUT2D eigenvalue weighted by molar-refractivity contribution is 1.18. The fourth-order valence-corrected chi connectivity index (χ4v) is 1.26. The molecule has 3 N–H and O–H groups in total. The van der Waals surface area contributed by atoms with Gasteiger partial charge in [-0.2, -0.15) is 5.26 Å². The zero-order valence-corrected chi connectivity index (χ0v) is 8.38. The Morgan fingerprint density at radius 2 is 2.12 bits per heavy atom. The number of nitrogens with zero attached hydrogens (tertiary/aromatic N) is 3. The van der Waals surface area contributed by atoms with E-state index < -0.39 is 0 Å². The molecular weight excluding hydrogens is 202 g/mol. The van der Waals surface area contributed by atoms with Crippen molar-refractivity contribution in [3.05, 3.63) is 42.2 Å². The van der Waals surface area contributed by atoms with Crippen LogP contribution in [0.4, 0.5) is 17.3 Å². The molecule has 0 saturated carbocycles. The predicted octanol–water partition coefficient (Wildman–Crippen LogP) is 1.67. The molecule has 0 aliphatic carbocycles. The van der Waals surface area contributed by atoms with Gasteiger partial charge in [0.1, 0.15) is 18.0 Å². The molecular formula is C11H9N5. The highest BCUT2D eigenvalue weighted by atomic mass is 15.0. The van der Waals surface area contributed by atoms with Crippen LogP contribution in [0.3, 0.4) is 0 Å². The van der Waals surface area contributed by atoms with Gasteiger partial charge in [0.2, 0.25) is 0 Å². The smallest absolute Gasteiger partial charge is 0.135 e. The molecule has 0 spiro atoms. The van der Waals surface area contributed by atoms with Gasteiger partial charge in [-0.1, -0.05) is 6.07 Å². The summed E-state index contributed by atoms with van der Waals surface area (Å²) in [6.45, 7) is 0. The van der Waals surface area contributed by atoms with Crippen molar-refractivity contribution in [1.82, 2.24) is 9.97 Å². The molecule has 1 aromatic carbocycles. The molecule has 0 atom stereocenters. The van der Waals surface area contributed by atoms with Gasteiger partial charge in [0.15, 0.2) is 0 Å². The number of hydrogen-bond donors (Lipinski definition) is 2. The van der Waals surface area contributed by atoms with Crippen molar-refractivity contribution >= 4 is 17.3 Å². The van der Waals surface area contributed by atoms with Gasteiger partial charge in [-0.25, -0.2) is 9.97 Å². The van der Waals surface area contributed by atoms with Crippen LogP contribution >= 0.6 is 0 Å². The average molecular weight is 211 g/mol. The van der Waals surface area contributed by atoms with Crippen LogP contribution in [0.25, 0.3) is 0 Å². The van der Waals surface area contributed by atoms with Crippen molar-refractivity contribution in [2.75, 3.05) is 11.1 Å². The minimum Gasteiger partial charge on any atom is -0.384 e. The molecule has 16 heavy (non-hydrogen) atoms. The maximum atomic E-state index is 8.75. The maximum Gasteiger partial charge on any atom is 0.135 e. The number of anilines is 3. The third kappa shape index (κ3) is 2.25. The summed E-state index contributed by atoms with van der Waals surface area (Å²) in [6.07, 6.45) is 1.38. The quantitative estimate of drug-likeness (QED) is 0.788. The summed E-state index contributed by atoms with van der Waals surface area (Å²) < 4.78 is 0. The number of nitrogens with two attached hydrogens (primary N) is 1.